The van der Waals surface area contributed by atoms with Crippen LogP contribution in [-0.2, 0) is 21.3 Å². The Morgan fingerprint density at radius 3 is 2.52 bits per heavy atom. The normalized spacial score (nSPS) is 12.7. The van der Waals surface area contributed by atoms with Crippen LogP contribution in [0.1, 0.15) is 41.3 Å². The molecule has 0 fully saturated rings. The van der Waals surface area contributed by atoms with Crippen LogP contribution in [-0.4, -0.2) is 50.5 Å². The van der Waals surface area contributed by atoms with E-state index in [1.807, 2.05) is 25.3 Å². The van der Waals surface area contributed by atoms with E-state index in [0.717, 1.165) is 34.2 Å². The van der Waals surface area contributed by atoms with Gasteiger partial charge in [-0.1, -0.05) is 30.7 Å². The highest BCUT2D eigenvalue weighted by atomic mass is 32.2. The van der Waals surface area contributed by atoms with Crippen molar-refractivity contribution in [3.05, 3.63) is 57.9 Å². The van der Waals surface area contributed by atoms with E-state index in [1.54, 1.807) is 14.2 Å². The quantitative estimate of drug-likeness (QED) is 0.453. The van der Waals surface area contributed by atoms with Crippen molar-refractivity contribution in [2.45, 2.75) is 45.1 Å². The molecule has 1 aromatic heterocycles. The lowest BCUT2D eigenvalue weighted by atomic mass is 10.1. The Morgan fingerprint density at radius 2 is 1.88 bits per heavy atom. The number of ether oxygens (including phenoxy) is 1. The Labute approximate surface area is 199 Å². The van der Waals surface area contributed by atoms with Crippen molar-refractivity contribution in [2.75, 3.05) is 27.3 Å². The number of fused-ring (bicyclic) bond motifs is 1. The highest BCUT2D eigenvalue weighted by Gasteiger charge is 2.20. The summed E-state index contributed by atoms with van der Waals surface area (Å²) in [5, 5.41) is 0. The second-order valence-corrected chi connectivity index (χ2v) is 11.1. The predicted molar refractivity (Wildman–Crippen MR) is 132 cm³/mol. The molecule has 0 aliphatic rings. The highest BCUT2D eigenvalue weighted by Crippen LogP contribution is 2.23. The van der Waals surface area contributed by atoms with Crippen LogP contribution in [0.15, 0.2) is 46.3 Å². The number of sulfonamides is 1. The third kappa shape index (κ3) is 5.60. The molecule has 7 nitrogen and oxygen atoms in total. The van der Waals surface area contributed by atoms with Crippen molar-refractivity contribution < 1.29 is 17.9 Å². The number of carbonyl (C=O) groups is 1. The van der Waals surface area contributed by atoms with Gasteiger partial charge in [0.1, 0.15) is 0 Å². The van der Waals surface area contributed by atoms with Crippen LogP contribution in [0.2, 0.25) is 0 Å². The van der Waals surface area contributed by atoms with Crippen LogP contribution in [0.3, 0.4) is 0 Å². The Bertz CT molecular complexity index is 1310. The molecule has 0 radical (unpaired) electrons. The molecule has 3 rings (SSSR count). The van der Waals surface area contributed by atoms with E-state index in [0.29, 0.717) is 30.1 Å². The lowest BCUT2D eigenvalue weighted by Crippen LogP contribution is -2.27. The van der Waals surface area contributed by atoms with Gasteiger partial charge in [-0.3, -0.25) is 4.79 Å². The topological polar surface area (TPSA) is 81.0 Å². The molecule has 178 valence electrons. The zero-order valence-electron chi connectivity index (χ0n) is 19.8. The molecule has 1 amide bonds. The largest absolute Gasteiger partial charge is 0.383 e. The van der Waals surface area contributed by atoms with Gasteiger partial charge in [0.25, 0.3) is 5.91 Å². The molecule has 0 N–H and O–H groups in total. The average molecular weight is 490 g/mol. The van der Waals surface area contributed by atoms with E-state index in [9.17, 15) is 13.2 Å². The summed E-state index contributed by atoms with van der Waals surface area (Å²) in [4.78, 5) is 18.1. The van der Waals surface area contributed by atoms with E-state index in [4.69, 9.17) is 4.74 Å². The molecular weight excluding hydrogens is 458 g/mol. The number of unbranched alkanes of at least 4 members (excludes halogenated alkanes) is 1. The van der Waals surface area contributed by atoms with Crippen molar-refractivity contribution in [3.63, 3.8) is 0 Å². The first-order valence-electron chi connectivity index (χ1n) is 10.9. The van der Waals surface area contributed by atoms with Crippen LogP contribution in [0, 0.1) is 13.8 Å². The summed E-state index contributed by atoms with van der Waals surface area (Å²) in [6.45, 7) is 7.65. The van der Waals surface area contributed by atoms with Gasteiger partial charge in [-0.2, -0.15) is 4.99 Å². The van der Waals surface area contributed by atoms with Crippen molar-refractivity contribution >= 4 is 37.5 Å². The van der Waals surface area contributed by atoms with Crippen molar-refractivity contribution in [3.8, 4) is 0 Å². The lowest BCUT2D eigenvalue weighted by Gasteiger charge is -2.16. The van der Waals surface area contributed by atoms with Gasteiger partial charge in [0.2, 0.25) is 10.0 Å². The number of hydrogen-bond acceptors (Lipinski definition) is 5. The molecular formula is C24H31N3O4S2. The van der Waals surface area contributed by atoms with E-state index in [2.05, 4.69) is 17.1 Å². The van der Waals surface area contributed by atoms with Gasteiger partial charge in [-0.15, -0.1) is 0 Å². The molecule has 0 spiro atoms. The molecule has 0 aliphatic heterocycles. The van der Waals surface area contributed by atoms with Crippen LogP contribution >= 0.6 is 11.3 Å². The minimum atomic E-state index is -3.58. The Balaban J connectivity index is 1.96. The monoisotopic (exact) mass is 489 g/mol. The number of thiazole rings is 1. The second kappa shape index (κ2) is 10.7. The fourth-order valence-electron chi connectivity index (χ4n) is 3.67. The van der Waals surface area contributed by atoms with Gasteiger partial charge in [0.05, 0.1) is 21.7 Å². The number of carbonyl (C=O) groups excluding carboxylic acids is 1. The number of hydrogen-bond donors (Lipinski definition) is 0. The highest BCUT2D eigenvalue weighted by molar-refractivity contribution is 7.89. The summed E-state index contributed by atoms with van der Waals surface area (Å²) in [5.74, 6) is -0.412. The van der Waals surface area contributed by atoms with Crippen LogP contribution in [0.4, 0.5) is 0 Å². The number of aromatic nitrogens is 1. The molecule has 3 aromatic rings. The minimum Gasteiger partial charge on any atom is -0.383 e. The molecule has 0 atom stereocenters. The fraction of sp³-hybridized carbons (Fsp3) is 0.417. The summed E-state index contributed by atoms with van der Waals surface area (Å²) in [5.41, 5.74) is 3.66. The molecule has 0 bridgehead atoms. The van der Waals surface area contributed by atoms with Gasteiger partial charge in [-0.25, -0.2) is 12.7 Å². The number of rotatable bonds is 9. The lowest BCUT2D eigenvalue weighted by molar-refractivity contribution is 0.0997. The molecule has 0 saturated carbocycles. The SMILES string of the molecule is CCCCN(C)S(=O)(=O)c1ccc(C(=O)N=c2sc3cc(C)cc(C)c3n2CCOC)cc1. The molecule has 1 heterocycles. The number of aryl methyl sites for hydroxylation is 2. The summed E-state index contributed by atoms with van der Waals surface area (Å²) in [6.07, 6.45) is 1.71. The zero-order valence-corrected chi connectivity index (χ0v) is 21.4. The Morgan fingerprint density at radius 1 is 1.18 bits per heavy atom. The van der Waals surface area contributed by atoms with Crippen LogP contribution < -0.4 is 4.80 Å². The average Bonchev–Trinajstić information content (AvgIpc) is 3.12. The third-order valence-corrected chi connectivity index (χ3v) is 8.36. The first-order valence-corrected chi connectivity index (χ1v) is 13.2. The maximum absolute atomic E-state index is 12.9. The van der Waals surface area contributed by atoms with E-state index in [-0.39, 0.29) is 4.90 Å². The molecule has 0 aliphatic carbocycles. The summed E-state index contributed by atoms with van der Waals surface area (Å²) in [7, 11) is -0.365. The number of methoxy groups -OCH3 is 1. The second-order valence-electron chi connectivity index (χ2n) is 8.08. The predicted octanol–water partition coefficient (Wildman–Crippen LogP) is 4.13. The van der Waals surface area contributed by atoms with Crippen LogP contribution in [0.5, 0.6) is 0 Å². The first kappa shape index (κ1) is 25.3. The van der Waals surface area contributed by atoms with Crippen molar-refractivity contribution in [1.29, 1.82) is 0 Å². The molecule has 9 heteroatoms. The van der Waals surface area contributed by atoms with Gasteiger partial charge in [-0.05, 0) is 61.7 Å². The maximum atomic E-state index is 12.9. The Hall–Kier alpha value is -2.33. The van der Waals surface area contributed by atoms with E-state index >= 15 is 0 Å². The molecule has 33 heavy (non-hydrogen) atoms. The first-order chi connectivity index (χ1) is 15.7. The number of benzene rings is 2. The molecule has 0 saturated heterocycles. The maximum Gasteiger partial charge on any atom is 0.279 e. The Kier molecular flexibility index (Phi) is 8.23. The summed E-state index contributed by atoms with van der Waals surface area (Å²) in [6, 6.07) is 10.2. The van der Waals surface area contributed by atoms with Crippen LogP contribution in [0.25, 0.3) is 10.2 Å². The van der Waals surface area contributed by atoms with E-state index < -0.39 is 15.9 Å². The third-order valence-electron chi connectivity index (χ3n) is 5.46. The van der Waals surface area contributed by atoms with E-state index in [1.165, 1.54) is 39.9 Å². The van der Waals surface area contributed by atoms with Crippen molar-refractivity contribution in [2.24, 2.45) is 4.99 Å². The number of nitrogens with zero attached hydrogens (tertiary/aromatic N) is 3. The van der Waals surface area contributed by atoms with Gasteiger partial charge in [0.15, 0.2) is 4.80 Å². The minimum absolute atomic E-state index is 0.167. The van der Waals surface area contributed by atoms with Gasteiger partial charge < -0.3 is 9.30 Å². The summed E-state index contributed by atoms with van der Waals surface area (Å²) < 4.78 is 35.1. The molecule has 2 aromatic carbocycles. The number of amides is 1. The van der Waals surface area contributed by atoms with Crippen molar-refractivity contribution in [1.82, 2.24) is 8.87 Å². The summed E-state index contributed by atoms with van der Waals surface area (Å²) >= 11 is 1.46. The smallest absolute Gasteiger partial charge is 0.279 e. The van der Waals surface area contributed by atoms with Gasteiger partial charge >= 0.3 is 0 Å². The fourth-order valence-corrected chi connectivity index (χ4v) is 6.11. The standard InChI is InChI=1S/C24H31N3O4S2/c1-6-7-12-26(4)33(29,30)20-10-8-19(9-11-20)23(28)25-24-27(13-14-31-5)22-18(3)15-17(2)16-21(22)32-24/h8-11,15-16H,6-7,12-14H2,1-5H3. The van der Waals surface area contributed by atoms with Gasteiger partial charge in [0, 0.05) is 32.8 Å². The zero-order chi connectivity index (χ0) is 24.2. The molecule has 0 unspecified atom stereocenters.